The van der Waals surface area contributed by atoms with E-state index in [1.54, 1.807) is 0 Å². The Balaban J connectivity index is 4.31. The van der Waals surface area contributed by atoms with Crippen LogP contribution in [0, 0.1) is 5.41 Å². The number of aliphatic imine (C=N–C) groups is 1. The molecule has 0 aliphatic carbocycles. The van der Waals surface area contributed by atoms with E-state index in [1.807, 2.05) is 13.4 Å². The van der Waals surface area contributed by atoms with Gasteiger partial charge in [-0.2, -0.15) is 0 Å². The molecule has 1 unspecified atom stereocenters. The van der Waals surface area contributed by atoms with Crippen molar-refractivity contribution in [2.45, 2.75) is 40.7 Å². The van der Waals surface area contributed by atoms with Gasteiger partial charge in [-0.3, -0.25) is 4.99 Å². The fraction of sp³-hybridized carbons (Fsp3) is 0.900. The van der Waals surface area contributed by atoms with Crippen LogP contribution in [0.5, 0.6) is 0 Å². The standard InChI is InChI=1S/C10H22N2/c1-7-12(8-11-6)9(2)10(3,4)5/h8-9H,7H2,1-6H3. The summed E-state index contributed by atoms with van der Waals surface area (Å²) in [6.07, 6.45) is 1.93. The molecule has 0 spiro atoms. The van der Waals surface area contributed by atoms with Crippen molar-refractivity contribution in [2.75, 3.05) is 13.6 Å². The van der Waals surface area contributed by atoms with Crippen LogP contribution in [0.2, 0.25) is 0 Å². The average Bonchev–Trinajstić information content (AvgIpc) is 1.97. The van der Waals surface area contributed by atoms with Crippen LogP contribution in [0.1, 0.15) is 34.6 Å². The lowest BCUT2D eigenvalue weighted by atomic mass is 9.87. The topological polar surface area (TPSA) is 15.6 Å². The van der Waals surface area contributed by atoms with Gasteiger partial charge in [-0.1, -0.05) is 20.8 Å². The van der Waals surface area contributed by atoms with Crippen molar-refractivity contribution in [2.24, 2.45) is 10.4 Å². The first-order chi connectivity index (χ1) is 5.43. The first-order valence-corrected chi connectivity index (χ1v) is 4.61. The first-order valence-electron chi connectivity index (χ1n) is 4.61. The maximum absolute atomic E-state index is 4.04. The maximum atomic E-state index is 4.04. The van der Waals surface area contributed by atoms with Crippen molar-refractivity contribution in [1.29, 1.82) is 0 Å². The molecule has 12 heavy (non-hydrogen) atoms. The van der Waals surface area contributed by atoms with Gasteiger partial charge in [-0.25, -0.2) is 0 Å². The second-order valence-corrected chi connectivity index (χ2v) is 4.25. The lowest BCUT2D eigenvalue weighted by Gasteiger charge is -2.35. The van der Waals surface area contributed by atoms with Crippen LogP contribution in [0.3, 0.4) is 0 Å². The van der Waals surface area contributed by atoms with Crippen LogP contribution >= 0.6 is 0 Å². The Morgan fingerprint density at radius 3 is 2.17 bits per heavy atom. The molecule has 2 nitrogen and oxygen atoms in total. The van der Waals surface area contributed by atoms with E-state index < -0.39 is 0 Å². The molecule has 0 fully saturated rings. The van der Waals surface area contributed by atoms with Crippen molar-refractivity contribution < 1.29 is 0 Å². The van der Waals surface area contributed by atoms with Crippen LogP contribution in [-0.2, 0) is 0 Å². The minimum Gasteiger partial charge on any atom is -0.360 e. The molecule has 0 aromatic heterocycles. The third-order valence-corrected chi connectivity index (χ3v) is 2.38. The molecule has 0 radical (unpaired) electrons. The number of rotatable bonds is 3. The van der Waals surface area contributed by atoms with E-state index in [9.17, 15) is 0 Å². The molecule has 72 valence electrons. The summed E-state index contributed by atoms with van der Waals surface area (Å²) in [6.45, 7) is 12.2. The van der Waals surface area contributed by atoms with Crippen molar-refractivity contribution in [1.82, 2.24) is 4.90 Å². The zero-order valence-electron chi connectivity index (χ0n) is 9.26. The largest absolute Gasteiger partial charge is 0.360 e. The molecule has 1 atom stereocenters. The monoisotopic (exact) mass is 170 g/mol. The second-order valence-electron chi connectivity index (χ2n) is 4.25. The third kappa shape index (κ3) is 3.24. The zero-order chi connectivity index (χ0) is 9.78. The van der Waals surface area contributed by atoms with E-state index in [1.165, 1.54) is 0 Å². The Morgan fingerprint density at radius 1 is 1.42 bits per heavy atom. The number of hydrogen-bond donors (Lipinski definition) is 0. The Kier molecular flexibility index (Phi) is 4.29. The molecule has 2 heteroatoms. The van der Waals surface area contributed by atoms with Crippen molar-refractivity contribution in [3.05, 3.63) is 0 Å². The Bertz CT molecular complexity index is 144. The van der Waals surface area contributed by atoms with Gasteiger partial charge in [-0.15, -0.1) is 0 Å². The van der Waals surface area contributed by atoms with Gasteiger partial charge in [0.25, 0.3) is 0 Å². The zero-order valence-corrected chi connectivity index (χ0v) is 9.26. The molecule has 0 saturated carbocycles. The lowest BCUT2D eigenvalue weighted by Crippen LogP contribution is -2.40. The molecule has 0 N–H and O–H groups in total. The third-order valence-electron chi connectivity index (χ3n) is 2.38. The highest BCUT2D eigenvalue weighted by Crippen LogP contribution is 2.22. The fourth-order valence-corrected chi connectivity index (χ4v) is 1.10. The van der Waals surface area contributed by atoms with Gasteiger partial charge in [-0.05, 0) is 19.3 Å². The van der Waals surface area contributed by atoms with Gasteiger partial charge in [0, 0.05) is 19.6 Å². The van der Waals surface area contributed by atoms with Crippen LogP contribution in [0.4, 0.5) is 0 Å². The lowest BCUT2D eigenvalue weighted by molar-refractivity contribution is 0.193. The van der Waals surface area contributed by atoms with Gasteiger partial charge in [0.1, 0.15) is 0 Å². The van der Waals surface area contributed by atoms with Gasteiger partial charge >= 0.3 is 0 Å². The summed E-state index contributed by atoms with van der Waals surface area (Å²) in [4.78, 5) is 6.31. The van der Waals surface area contributed by atoms with Gasteiger partial charge in [0.2, 0.25) is 0 Å². The quantitative estimate of drug-likeness (QED) is 0.469. The van der Waals surface area contributed by atoms with Gasteiger partial charge in [0.15, 0.2) is 0 Å². The molecule has 0 aliphatic heterocycles. The van der Waals surface area contributed by atoms with Crippen LogP contribution in [0.15, 0.2) is 4.99 Å². The summed E-state index contributed by atoms with van der Waals surface area (Å²) >= 11 is 0. The summed E-state index contributed by atoms with van der Waals surface area (Å²) in [6, 6.07) is 0.534. The van der Waals surface area contributed by atoms with E-state index >= 15 is 0 Å². The molecule has 0 rings (SSSR count). The number of nitrogens with zero attached hydrogens (tertiary/aromatic N) is 2. The van der Waals surface area contributed by atoms with E-state index in [-0.39, 0.29) is 0 Å². The van der Waals surface area contributed by atoms with E-state index in [4.69, 9.17) is 0 Å². The van der Waals surface area contributed by atoms with Gasteiger partial charge in [0.05, 0.1) is 6.34 Å². The molecule has 0 aromatic rings. The molecular formula is C10H22N2. The fourth-order valence-electron chi connectivity index (χ4n) is 1.10. The Labute approximate surface area is 76.7 Å². The summed E-state index contributed by atoms with van der Waals surface area (Å²) in [7, 11) is 1.82. The Morgan fingerprint density at radius 2 is 1.92 bits per heavy atom. The van der Waals surface area contributed by atoms with Crippen LogP contribution in [-0.4, -0.2) is 30.9 Å². The maximum Gasteiger partial charge on any atom is 0.0848 e. The SMILES string of the molecule is CCN(C=NC)C(C)C(C)(C)C. The highest BCUT2D eigenvalue weighted by Gasteiger charge is 2.23. The highest BCUT2D eigenvalue weighted by molar-refractivity contribution is 5.55. The predicted octanol–water partition coefficient (Wildman–Crippen LogP) is 2.40. The van der Waals surface area contributed by atoms with Crippen molar-refractivity contribution in [3.8, 4) is 0 Å². The number of hydrogen-bond acceptors (Lipinski definition) is 1. The van der Waals surface area contributed by atoms with E-state index in [0.717, 1.165) is 6.54 Å². The highest BCUT2D eigenvalue weighted by atomic mass is 15.2. The molecule has 0 amide bonds. The van der Waals surface area contributed by atoms with Crippen LogP contribution in [0.25, 0.3) is 0 Å². The normalized spacial score (nSPS) is 15.2. The minimum absolute atomic E-state index is 0.317. The van der Waals surface area contributed by atoms with E-state index in [2.05, 4.69) is 44.5 Å². The molecule has 0 aromatic carbocycles. The average molecular weight is 170 g/mol. The van der Waals surface area contributed by atoms with Crippen molar-refractivity contribution in [3.63, 3.8) is 0 Å². The van der Waals surface area contributed by atoms with Crippen molar-refractivity contribution >= 4 is 6.34 Å². The summed E-state index contributed by atoms with van der Waals surface area (Å²) < 4.78 is 0. The second kappa shape index (κ2) is 4.48. The van der Waals surface area contributed by atoms with Gasteiger partial charge < -0.3 is 4.90 Å². The van der Waals surface area contributed by atoms with E-state index in [0.29, 0.717) is 11.5 Å². The first kappa shape index (κ1) is 11.5. The molecule has 0 heterocycles. The summed E-state index contributed by atoms with van der Waals surface area (Å²) in [5.41, 5.74) is 0.317. The smallest absolute Gasteiger partial charge is 0.0848 e. The predicted molar refractivity (Wildman–Crippen MR) is 55.7 cm³/mol. The molecular weight excluding hydrogens is 148 g/mol. The summed E-state index contributed by atoms with van der Waals surface area (Å²) in [5.74, 6) is 0. The minimum atomic E-state index is 0.317. The van der Waals surface area contributed by atoms with Crippen LogP contribution < -0.4 is 0 Å². The molecule has 0 bridgehead atoms. The Hall–Kier alpha value is -0.530. The molecule has 0 aliphatic rings. The summed E-state index contributed by atoms with van der Waals surface area (Å²) in [5, 5.41) is 0. The molecule has 0 saturated heterocycles.